The van der Waals surface area contributed by atoms with E-state index in [0.29, 0.717) is 12.3 Å². The third-order valence-corrected chi connectivity index (χ3v) is 7.93. The minimum Gasteiger partial charge on any atom is -0.477 e. The molecule has 0 bridgehead atoms. The average Bonchev–Trinajstić information content (AvgIpc) is 3.37. The Morgan fingerprint density at radius 2 is 2.16 bits per heavy atom. The molecule has 1 unspecified atom stereocenters. The third kappa shape index (κ3) is 4.07. The van der Waals surface area contributed by atoms with E-state index in [1.165, 1.54) is 23.8 Å². The van der Waals surface area contributed by atoms with Crippen LogP contribution in [0.1, 0.15) is 18.5 Å². The number of hydrogen-bond donors (Lipinski definition) is 3. The topological polar surface area (TPSA) is 147 Å². The van der Waals surface area contributed by atoms with Crippen LogP contribution in [-0.2, 0) is 19.2 Å². The zero-order valence-corrected chi connectivity index (χ0v) is 19.4. The van der Waals surface area contributed by atoms with Crippen molar-refractivity contribution in [2.45, 2.75) is 24.3 Å². The van der Waals surface area contributed by atoms with Gasteiger partial charge in [0, 0.05) is 29.5 Å². The Morgan fingerprint density at radius 3 is 2.75 bits per heavy atom. The number of anilines is 1. The van der Waals surface area contributed by atoms with Gasteiger partial charge in [-0.25, -0.2) is 9.78 Å². The van der Waals surface area contributed by atoms with Crippen LogP contribution in [0.2, 0.25) is 0 Å². The maximum atomic E-state index is 12.9. The van der Waals surface area contributed by atoms with Crippen molar-refractivity contribution in [3.8, 4) is 0 Å². The van der Waals surface area contributed by atoms with E-state index in [2.05, 4.69) is 22.5 Å². The Morgan fingerprint density at radius 1 is 1.44 bits per heavy atom. The van der Waals surface area contributed by atoms with Crippen molar-refractivity contribution in [1.82, 2.24) is 15.2 Å². The van der Waals surface area contributed by atoms with Crippen LogP contribution >= 0.6 is 23.1 Å². The number of nitrogens with zero attached hydrogens (tertiary/aromatic N) is 4. The highest BCUT2D eigenvalue weighted by Crippen LogP contribution is 2.41. The number of β-lactam (4-membered cyclic amide) rings is 1. The van der Waals surface area contributed by atoms with Gasteiger partial charge in [-0.15, -0.1) is 23.1 Å². The Bertz CT molecular complexity index is 1020. The van der Waals surface area contributed by atoms with Crippen molar-refractivity contribution in [2.75, 3.05) is 45.3 Å². The number of carboxylic acids is 1. The minimum atomic E-state index is -1.12. The van der Waals surface area contributed by atoms with Crippen molar-refractivity contribution >= 4 is 51.7 Å². The molecule has 3 aliphatic rings. The average molecular weight is 482 g/mol. The van der Waals surface area contributed by atoms with Gasteiger partial charge < -0.3 is 25.5 Å². The number of oxime groups is 1. The number of quaternary nitrogens is 1. The van der Waals surface area contributed by atoms with E-state index in [0.717, 1.165) is 47.3 Å². The molecule has 2 saturated heterocycles. The first-order valence-corrected chi connectivity index (χ1v) is 12.0. The van der Waals surface area contributed by atoms with E-state index < -0.39 is 29.2 Å². The van der Waals surface area contributed by atoms with Gasteiger partial charge in [-0.2, -0.15) is 0 Å². The Balaban J connectivity index is 1.52. The summed E-state index contributed by atoms with van der Waals surface area (Å²) < 4.78 is 0.785. The number of carboxylic acid groups (broad SMARTS) is 1. The fraction of sp³-hybridized carbons (Fsp3) is 0.526. The molecule has 1 aromatic rings. The maximum absolute atomic E-state index is 12.9. The molecule has 2 atom stereocenters. The van der Waals surface area contributed by atoms with Crippen LogP contribution in [-0.4, -0.2) is 93.9 Å². The predicted octanol–water partition coefficient (Wildman–Crippen LogP) is 0.0548. The number of thiazole rings is 1. The van der Waals surface area contributed by atoms with Crippen LogP contribution in [0.15, 0.2) is 21.8 Å². The van der Waals surface area contributed by atoms with E-state index in [-0.39, 0.29) is 22.2 Å². The van der Waals surface area contributed by atoms with E-state index >= 15 is 0 Å². The molecule has 32 heavy (non-hydrogen) atoms. The largest absolute Gasteiger partial charge is 0.477 e. The number of aromatic nitrogens is 1. The number of thioether (sulfide) groups is 1. The van der Waals surface area contributed by atoms with Gasteiger partial charge in [0.25, 0.3) is 11.8 Å². The zero-order chi connectivity index (χ0) is 23.0. The number of hydrogen-bond acceptors (Lipinski definition) is 9. The summed E-state index contributed by atoms with van der Waals surface area (Å²) in [6.07, 6.45) is 2.24. The van der Waals surface area contributed by atoms with Crippen molar-refractivity contribution in [2.24, 2.45) is 5.16 Å². The van der Waals surface area contributed by atoms with Crippen LogP contribution in [0.3, 0.4) is 0 Å². The second kappa shape index (κ2) is 8.71. The molecule has 0 aromatic carbocycles. The number of likely N-dealkylation sites (N-methyl/N-ethyl adjacent to an activating group) is 1. The molecule has 0 radical (unpaired) electrons. The number of likely N-dealkylation sites (tertiary alicyclic amines) is 1. The number of carbonyl (C=O) groups is 3. The predicted molar refractivity (Wildman–Crippen MR) is 120 cm³/mol. The molecule has 0 spiro atoms. The van der Waals surface area contributed by atoms with Crippen LogP contribution < -0.4 is 11.1 Å². The lowest BCUT2D eigenvalue weighted by Gasteiger charge is -2.49. The number of nitrogens with one attached hydrogen (secondary N) is 1. The highest BCUT2D eigenvalue weighted by Gasteiger charge is 2.55. The molecule has 4 heterocycles. The van der Waals surface area contributed by atoms with Crippen LogP contribution in [0.5, 0.6) is 0 Å². The first kappa shape index (κ1) is 22.6. The first-order chi connectivity index (χ1) is 15.2. The Kier molecular flexibility index (Phi) is 6.14. The quantitative estimate of drug-likeness (QED) is 0.214. The summed E-state index contributed by atoms with van der Waals surface area (Å²) in [4.78, 5) is 47.9. The van der Waals surface area contributed by atoms with Gasteiger partial charge in [-0.1, -0.05) is 5.16 Å². The Hall–Kier alpha value is -2.64. The first-order valence-electron chi connectivity index (χ1n) is 10.1. The standard InChI is InChI=1S/C19H24N6O5S2/c1-25(5-3-4-6-25)7-10-8-31-17-13(16(27)24(17)14(10)18(28)29)22-15(26)12(23-30-2)11-9-32-19(20)21-11/h9,13,17H,3-8H2,1-2H3,(H3-,20,21,22,26,28,29)/p+1/t13-,17?/m1/s1. The number of nitrogens with two attached hydrogens (primary N) is 1. The molecule has 1 aromatic heterocycles. The summed E-state index contributed by atoms with van der Waals surface area (Å²) in [7, 11) is 3.42. The van der Waals surface area contributed by atoms with Gasteiger partial charge in [0.15, 0.2) is 10.8 Å². The van der Waals surface area contributed by atoms with E-state index in [9.17, 15) is 19.5 Å². The fourth-order valence-electron chi connectivity index (χ4n) is 4.42. The lowest BCUT2D eigenvalue weighted by atomic mass is 10.0. The van der Waals surface area contributed by atoms with Crippen molar-refractivity contribution < 1.29 is 28.8 Å². The fourth-order valence-corrected chi connectivity index (χ4v) is 6.31. The van der Waals surface area contributed by atoms with Gasteiger partial charge in [0.2, 0.25) is 0 Å². The third-order valence-electron chi connectivity index (χ3n) is 5.92. The second-order valence-corrected chi connectivity index (χ2v) is 10.2. The normalized spacial score (nSPS) is 24.8. The van der Waals surface area contributed by atoms with Crippen molar-refractivity contribution in [1.29, 1.82) is 0 Å². The number of fused-ring (bicyclic) bond motifs is 1. The summed E-state index contributed by atoms with van der Waals surface area (Å²) >= 11 is 2.61. The van der Waals surface area contributed by atoms with Crippen LogP contribution in [0, 0.1) is 0 Å². The summed E-state index contributed by atoms with van der Waals surface area (Å²) in [5.41, 5.74) is 6.59. The number of nitrogen functional groups attached to an aromatic ring is 1. The summed E-state index contributed by atoms with van der Waals surface area (Å²) in [6, 6.07) is -0.863. The van der Waals surface area contributed by atoms with Gasteiger partial charge >= 0.3 is 5.97 Å². The molecule has 2 amide bonds. The minimum absolute atomic E-state index is 0.0496. The second-order valence-electron chi connectivity index (χ2n) is 8.24. The van der Waals surface area contributed by atoms with Crippen molar-refractivity contribution in [3.05, 3.63) is 22.3 Å². The number of amides is 2. The molecule has 172 valence electrons. The molecule has 0 aliphatic carbocycles. The highest BCUT2D eigenvalue weighted by atomic mass is 32.2. The van der Waals surface area contributed by atoms with Crippen LogP contribution in [0.4, 0.5) is 5.13 Å². The van der Waals surface area contributed by atoms with Gasteiger partial charge in [-0.05, 0) is 0 Å². The molecule has 13 heteroatoms. The molecule has 3 aliphatic heterocycles. The lowest BCUT2D eigenvalue weighted by Crippen LogP contribution is -2.71. The summed E-state index contributed by atoms with van der Waals surface area (Å²) in [6.45, 7) is 2.61. The summed E-state index contributed by atoms with van der Waals surface area (Å²) in [5, 5.41) is 17.6. The Labute approximate surface area is 192 Å². The van der Waals surface area contributed by atoms with Gasteiger partial charge in [0.1, 0.15) is 36.5 Å². The van der Waals surface area contributed by atoms with Crippen LogP contribution in [0.25, 0.3) is 0 Å². The molecular formula is C19H25N6O5S2+. The zero-order valence-electron chi connectivity index (χ0n) is 17.7. The van der Waals surface area contributed by atoms with Crippen molar-refractivity contribution in [3.63, 3.8) is 0 Å². The molecule has 0 saturated carbocycles. The number of rotatable bonds is 7. The number of carbonyl (C=O) groups excluding carboxylic acids is 2. The number of aliphatic carboxylic acids is 1. The molecule has 4 rings (SSSR count). The summed E-state index contributed by atoms with van der Waals surface area (Å²) in [5.74, 6) is -1.71. The maximum Gasteiger partial charge on any atom is 0.352 e. The van der Waals surface area contributed by atoms with E-state index in [1.54, 1.807) is 5.38 Å². The molecular weight excluding hydrogens is 456 g/mol. The SMILES string of the molecule is CON=C(C(=O)N[C@@H]1C(=O)N2C(C(=O)O)=C(C[N+]3(C)CCCC3)CSC12)c1csc(N)n1. The van der Waals surface area contributed by atoms with Gasteiger partial charge in [-0.3, -0.25) is 14.5 Å². The molecule has 2 fully saturated rings. The van der Waals surface area contributed by atoms with E-state index in [4.69, 9.17) is 10.6 Å². The lowest BCUT2D eigenvalue weighted by molar-refractivity contribution is -0.893. The van der Waals surface area contributed by atoms with E-state index in [1.807, 2.05) is 0 Å². The molecule has 11 nitrogen and oxygen atoms in total. The molecule has 4 N–H and O–H groups in total. The highest BCUT2D eigenvalue weighted by molar-refractivity contribution is 8.00. The van der Waals surface area contributed by atoms with Gasteiger partial charge in [0.05, 0.1) is 20.1 Å². The monoisotopic (exact) mass is 481 g/mol. The smallest absolute Gasteiger partial charge is 0.352 e.